The molecule has 0 aromatic carbocycles. The van der Waals surface area contributed by atoms with Crippen LogP contribution in [0.2, 0.25) is 0 Å². The van der Waals surface area contributed by atoms with Crippen molar-refractivity contribution in [3.8, 4) is 0 Å². The van der Waals surface area contributed by atoms with E-state index in [-0.39, 0.29) is 0 Å². The fourth-order valence-corrected chi connectivity index (χ4v) is 2.98. The Morgan fingerprint density at radius 1 is 1.29 bits per heavy atom. The zero-order valence-electron chi connectivity index (χ0n) is 12.5. The van der Waals surface area contributed by atoms with E-state index in [0.717, 1.165) is 18.0 Å². The Hall–Kier alpha value is -0.0800. The fourth-order valence-electron chi connectivity index (χ4n) is 2.98. The maximum Gasteiger partial charge on any atom is 0.0220 e. The van der Waals surface area contributed by atoms with Gasteiger partial charge in [-0.15, -0.1) is 0 Å². The summed E-state index contributed by atoms with van der Waals surface area (Å²) in [6.07, 6.45) is 5.20. The summed E-state index contributed by atoms with van der Waals surface area (Å²) in [5.41, 5.74) is 0. The maximum absolute atomic E-state index is 3.75. The van der Waals surface area contributed by atoms with Crippen LogP contribution in [-0.4, -0.2) is 36.1 Å². The molecule has 0 spiro atoms. The molecule has 1 heterocycles. The van der Waals surface area contributed by atoms with Crippen LogP contribution in [0.3, 0.4) is 0 Å². The summed E-state index contributed by atoms with van der Waals surface area (Å²) in [4.78, 5) is 2.74. The van der Waals surface area contributed by atoms with Crippen LogP contribution in [0.5, 0.6) is 0 Å². The molecule has 0 aromatic rings. The van der Waals surface area contributed by atoms with Gasteiger partial charge in [-0.2, -0.15) is 0 Å². The van der Waals surface area contributed by atoms with Gasteiger partial charge in [0.1, 0.15) is 0 Å². The molecule has 1 N–H and O–H groups in total. The van der Waals surface area contributed by atoms with Gasteiger partial charge in [0, 0.05) is 24.7 Å². The summed E-state index contributed by atoms with van der Waals surface area (Å²) >= 11 is 0. The zero-order chi connectivity index (χ0) is 12.8. The Balaban J connectivity index is 2.64. The van der Waals surface area contributed by atoms with E-state index in [1.807, 2.05) is 0 Å². The third-order valence-corrected chi connectivity index (χ3v) is 4.55. The Labute approximate surface area is 108 Å². The van der Waals surface area contributed by atoms with Crippen LogP contribution in [-0.2, 0) is 0 Å². The monoisotopic (exact) mass is 240 g/mol. The van der Waals surface area contributed by atoms with Gasteiger partial charge in [0.05, 0.1) is 0 Å². The van der Waals surface area contributed by atoms with Gasteiger partial charge in [-0.25, -0.2) is 0 Å². The number of nitrogens with zero attached hydrogens (tertiary/aromatic N) is 1. The van der Waals surface area contributed by atoms with Crippen molar-refractivity contribution in [2.45, 2.75) is 78.4 Å². The van der Waals surface area contributed by atoms with Crippen molar-refractivity contribution in [1.82, 2.24) is 10.2 Å². The molecule has 2 heteroatoms. The lowest BCUT2D eigenvalue weighted by Crippen LogP contribution is -2.47. The van der Waals surface area contributed by atoms with Crippen molar-refractivity contribution < 1.29 is 0 Å². The highest BCUT2D eigenvalue weighted by Crippen LogP contribution is 2.20. The Kier molecular flexibility index (Phi) is 6.50. The maximum atomic E-state index is 3.75. The minimum absolute atomic E-state index is 0.684. The number of nitrogens with one attached hydrogen (secondary N) is 1. The summed E-state index contributed by atoms with van der Waals surface area (Å²) in [5, 5.41) is 3.75. The first-order valence-corrected chi connectivity index (χ1v) is 7.59. The molecular weight excluding hydrogens is 208 g/mol. The van der Waals surface area contributed by atoms with Gasteiger partial charge >= 0.3 is 0 Å². The van der Waals surface area contributed by atoms with E-state index >= 15 is 0 Å². The third-order valence-electron chi connectivity index (χ3n) is 4.55. The summed E-state index contributed by atoms with van der Waals surface area (Å²) < 4.78 is 0. The molecule has 0 saturated carbocycles. The third kappa shape index (κ3) is 4.26. The molecule has 4 atom stereocenters. The second-order valence-electron chi connectivity index (χ2n) is 5.92. The fraction of sp³-hybridized carbons (Fsp3) is 1.00. The molecule has 0 aromatic heterocycles. The molecule has 102 valence electrons. The molecular formula is C15H32N2. The average molecular weight is 240 g/mol. The second kappa shape index (κ2) is 7.38. The van der Waals surface area contributed by atoms with Crippen molar-refractivity contribution in [3.05, 3.63) is 0 Å². The van der Waals surface area contributed by atoms with Crippen LogP contribution in [0.15, 0.2) is 0 Å². The molecule has 1 aliphatic heterocycles. The molecule has 2 nitrogen and oxygen atoms in total. The predicted molar refractivity (Wildman–Crippen MR) is 76.4 cm³/mol. The highest BCUT2D eigenvalue weighted by atomic mass is 15.2. The standard InChI is InChI=1S/C15H32N2/c1-6-8-13(4)17-11-15(12(3)7-2)16-10-9-14(17)5/h12-16H,6-11H2,1-5H3. The summed E-state index contributed by atoms with van der Waals surface area (Å²) in [5.74, 6) is 0.789. The molecule has 0 amide bonds. The van der Waals surface area contributed by atoms with E-state index in [1.165, 1.54) is 38.8 Å². The minimum Gasteiger partial charge on any atom is -0.312 e. The highest BCUT2D eigenvalue weighted by Gasteiger charge is 2.28. The zero-order valence-corrected chi connectivity index (χ0v) is 12.5. The van der Waals surface area contributed by atoms with Gasteiger partial charge in [-0.3, -0.25) is 4.90 Å². The van der Waals surface area contributed by atoms with Gasteiger partial charge in [0.25, 0.3) is 0 Å². The van der Waals surface area contributed by atoms with Crippen LogP contribution in [0.1, 0.15) is 60.3 Å². The minimum atomic E-state index is 0.684. The first-order valence-electron chi connectivity index (χ1n) is 7.59. The largest absolute Gasteiger partial charge is 0.312 e. The van der Waals surface area contributed by atoms with E-state index in [1.54, 1.807) is 0 Å². The van der Waals surface area contributed by atoms with Crippen molar-refractivity contribution in [2.24, 2.45) is 5.92 Å². The Morgan fingerprint density at radius 2 is 2.00 bits per heavy atom. The summed E-state index contributed by atoms with van der Waals surface area (Å²) in [7, 11) is 0. The average Bonchev–Trinajstić information content (AvgIpc) is 2.50. The lowest BCUT2D eigenvalue weighted by Gasteiger charge is -2.36. The van der Waals surface area contributed by atoms with E-state index in [0.29, 0.717) is 6.04 Å². The van der Waals surface area contributed by atoms with Crippen LogP contribution in [0, 0.1) is 5.92 Å². The van der Waals surface area contributed by atoms with Crippen molar-refractivity contribution >= 4 is 0 Å². The topological polar surface area (TPSA) is 15.3 Å². The predicted octanol–water partition coefficient (Wildman–Crippen LogP) is 3.27. The van der Waals surface area contributed by atoms with E-state index in [2.05, 4.69) is 44.8 Å². The van der Waals surface area contributed by atoms with Crippen LogP contribution < -0.4 is 5.32 Å². The molecule has 0 aliphatic carbocycles. The van der Waals surface area contributed by atoms with Crippen molar-refractivity contribution in [3.63, 3.8) is 0 Å². The first kappa shape index (κ1) is 15.0. The second-order valence-corrected chi connectivity index (χ2v) is 5.92. The SMILES string of the molecule is CCCC(C)N1CC(C(C)CC)NCCC1C. The van der Waals surface area contributed by atoms with Crippen molar-refractivity contribution in [1.29, 1.82) is 0 Å². The van der Waals surface area contributed by atoms with Crippen LogP contribution >= 0.6 is 0 Å². The van der Waals surface area contributed by atoms with Crippen molar-refractivity contribution in [2.75, 3.05) is 13.1 Å². The molecule has 1 saturated heterocycles. The lowest BCUT2D eigenvalue weighted by molar-refractivity contribution is 0.132. The lowest BCUT2D eigenvalue weighted by atomic mass is 9.98. The van der Waals surface area contributed by atoms with Gasteiger partial charge < -0.3 is 5.32 Å². The Morgan fingerprint density at radius 3 is 2.59 bits per heavy atom. The molecule has 0 bridgehead atoms. The molecule has 1 rings (SSSR count). The van der Waals surface area contributed by atoms with Gasteiger partial charge in [0.15, 0.2) is 0 Å². The summed E-state index contributed by atoms with van der Waals surface area (Å²) in [6.45, 7) is 14.2. The number of hydrogen-bond donors (Lipinski definition) is 1. The number of rotatable bonds is 5. The van der Waals surface area contributed by atoms with Gasteiger partial charge in [-0.05, 0) is 39.2 Å². The van der Waals surface area contributed by atoms with Crippen LogP contribution in [0.4, 0.5) is 0 Å². The smallest absolute Gasteiger partial charge is 0.0220 e. The molecule has 0 radical (unpaired) electrons. The number of hydrogen-bond acceptors (Lipinski definition) is 2. The Bertz CT molecular complexity index is 205. The van der Waals surface area contributed by atoms with Gasteiger partial charge in [0.2, 0.25) is 0 Å². The summed E-state index contributed by atoms with van der Waals surface area (Å²) in [6, 6.07) is 2.16. The molecule has 4 unspecified atom stereocenters. The highest BCUT2D eigenvalue weighted by molar-refractivity contribution is 4.86. The normalized spacial score (nSPS) is 30.9. The van der Waals surface area contributed by atoms with E-state index < -0.39 is 0 Å². The quantitative estimate of drug-likeness (QED) is 0.793. The van der Waals surface area contributed by atoms with Crippen LogP contribution in [0.25, 0.3) is 0 Å². The van der Waals surface area contributed by atoms with E-state index in [4.69, 9.17) is 0 Å². The molecule has 17 heavy (non-hydrogen) atoms. The molecule has 1 fully saturated rings. The van der Waals surface area contributed by atoms with Gasteiger partial charge in [-0.1, -0.05) is 33.6 Å². The first-order chi connectivity index (χ1) is 8.10. The van der Waals surface area contributed by atoms with E-state index in [9.17, 15) is 0 Å². The molecule has 1 aliphatic rings.